The van der Waals surface area contributed by atoms with Crippen LogP contribution in [0.25, 0.3) is 0 Å². The number of piperidine rings is 1. The third-order valence-corrected chi connectivity index (χ3v) is 5.73. The van der Waals surface area contributed by atoms with Crippen molar-refractivity contribution in [2.24, 2.45) is 0 Å². The van der Waals surface area contributed by atoms with E-state index < -0.39 is 0 Å². The molecule has 1 saturated heterocycles. The number of likely N-dealkylation sites (tertiary alicyclic amines) is 1. The summed E-state index contributed by atoms with van der Waals surface area (Å²) in [5.74, 6) is 1.04. The van der Waals surface area contributed by atoms with Gasteiger partial charge in [0.25, 0.3) is 5.91 Å². The van der Waals surface area contributed by atoms with E-state index in [0.717, 1.165) is 48.6 Å². The number of aryl methyl sites for hydroxylation is 2. The standard InChI is InChI=1S/C25H28N4O2/c1-17-11-20(12-19-6-8-22(31-3)9-7-19)13-23(28-17)21-5-4-10-29(16-21)25(30)24-15-26-18(2)14-27-24/h6-9,11,13-15,21H,4-5,10,12,16H2,1-3H3/t21-/m1/s1. The Labute approximate surface area is 183 Å². The minimum atomic E-state index is -0.0525. The molecule has 1 aliphatic rings. The Morgan fingerprint density at radius 2 is 1.87 bits per heavy atom. The molecular weight excluding hydrogens is 388 g/mol. The number of hydrogen-bond donors (Lipinski definition) is 0. The Morgan fingerprint density at radius 3 is 2.58 bits per heavy atom. The zero-order valence-corrected chi connectivity index (χ0v) is 18.3. The Hall–Kier alpha value is -3.28. The third kappa shape index (κ3) is 5.08. The number of pyridine rings is 1. The summed E-state index contributed by atoms with van der Waals surface area (Å²) in [5.41, 5.74) is 5.76. The lowest BCUT2D eigenvalue weighted by molar-refractivity contribution is 0.0699. The van der Waals surface area contributed by atoms with Gasteiger partial charge in [0, 0.05) is 36.6 Å². The zero-order valence-electron chi connectivity index (χ0n) is 18.3. The van der Waals surface area contributed by atoms with E-state index >= 15 is 0 Å². The summed E-state index contributed by atoms with van der Waals surface area (Å²) in [6, 6.07) is 12.5. The molecule has 0 N–H and O–H groups in total. The molecule has 1 aromatic carbocycles. The monoisotopic (exact) mass is 416 g/mol. The van der Waals surface area contributed by atoms with Gasteiger partial charge < -0.3 is 9.64 Å². The smallest absolute Gasteiger partial charge is 0.274 e. The second-order valence-corrected chi connectivity index (χ2v) is 8.20. The second kappa shape index (κ2) is 9.25. The first-order valence-electron chi connectivity index (χ1n) is 10.7. The van der Waals surface area contributed by atoms with Crippen molar-refractivity contribution in [1.82, 2.24) is 19.9 Å². The van der Waals surface area contributed by atoms with Crippen molar-refractivity contribution in [3.63, 3.8) is 0 Å². The number of rotatable bonds is 5. The van der Waals surface area contributed by atoms with E-state index in [4.69, 9.17) is 9.72 Å². The van der Waals surface area contributed by atoms with Crippen molar-refractivity contribution >= 4 is 5.91 Å². The molecule has 0 bridgehead atoms. The summed E-state index contributed by atoms with van der Waals surface area (Å²) >= 11 is 0. The number of aromatic nitrogens is 3. The topological polar surface area (TPSA) is 68.2 Å². The molecule has 160 valence electrons. The Balaban J connectivity index is 1.50. The first-order chi connectivity index (χ1) is 15.0. The van der Waals surface area contributed by atoms with Gasteiger partial charge in [-0.25, -0.2) is 4.98 Å². The highest BCUT2D eigenvalue weighted by atomic mass is 16.5. The summed E-state index contributed by atoms with van der Waals surface area (Å²) in [4.78, 5) is 28.1. The van der Waals surface area contributed by atoms with Crippen molar-refractivity contribution in [1.29, 1.82) is 0 Å². The summed E-state index contributed by atoms with van der Waals surface area (Å²) in [6.07, 6.45) is 6.04. The van der Waals surface area contributed by atoms with Crippen LogP contribution >= 0.6 is 0 Å². The van der Waals surface area contributed by atoms with Crippen LogP contribution in [0.1, 0.15) is 57.5 Å². The number of nitrogens with zero attached hydrogens (tertiary/aromatic N) is 4. The second-order valence-electron chi connectivity index (χ2n) is 8.20. The van der Waals surface area contributed by atoms with Crippen molar-refractivity contribution in [2.45, 2.75) is 39.0 Å². The van der Waals surface area contributed by atoms with Gasteiger partial charge in [-0.2, -0.15) is 0 Å². The van der Waals surface area contributed by atoms with Crippen LogP contribution in [0.2, 0.25) is 0 Å². The van der Waals surface area contributed by atoms with Crippen molar-refractivity contribution in [2.75, 3.05) is 20.2 Å². The van der Waals surface area contributed by atoms with E-state index in [2.05, 4.69) is 34.2 Å². The summed E-state index contributed by atoms with van der Waals surface area (Å²) in [7, 11) is 1.68. The minimum Gasteiger partial charge on any atom is -0.497 e. The quantitative estimate of drug-likeness (QED) is 0.626. The molecule has 0 spiro atoms. The predicted molar refractivity (Wildman–Crippen MR) is 119 cm³/mol. The average Bonchev–Trinajstić information content (AvgIpc) is 2.79. The van der Waals surface area contributed by atoms with Crippen LogP contribution < -0.4 is 4.74 Å². The fourth-order valence-electron chi connectivity index (χ4n) is 4.13. The largest absolute Gasteiger partial charge is 0.497 e. The fourth-order valence-corrected chi connectivity index (χ4v) is 4.13. The summed E-state index contributed by atoms with van der Waals surface area (Å²) in [5, 5.41) is 0. The molecule has 6 heteroatoms. The molecule has 0 unspecified atom stereocenters. The van der Waals surface area contributed by atoms with E-state index in [-0.39, 0.29) is 11.8 Å². The van der Waals surface area contributed by atoms with E-state index in [9.17, 15) is 4.79 Å². The number of methoxy groups -OCH3 is 1. The van der Waals surface area contributed by atoms with Crippen LogP contribution in [0.5, 0.6) is 5.75 Å². The van der Waals surface area contributed by atoms with Crippen LogP contribution in [0.15, 0.2) is 48.8 Å². The molecule has 0 saturated carbocycles. The summed E-state index contributed by atoms with van der Waals surface area (Å²) < 4.78 is 5.25. The number of ether oxygens (including phenoxy) is 1. The average molecular weight is 417 g/mol. The molecular formula is C25H28N4O2. The van der Waals surface area contributed by atoms with E-state index in [1.54, 1.807) is 19.5 Å². The number of benzene rings is 1. The molecule has 1 atom stereocenters. The van der Waals surface area contributed by atoms with Crippen LogP contribution in [0.3, 0.4) is 0 Å². The van der Waals surface area contributed by atoms with E-state index in [1.807, 2.05) is 30.9 Å². The van der Waals surface area contributed by atoms with Gasteiger partial charge in [0.2, 0.25) is 0 Å². The lowest BCUT2D eigenvalue weighted by Gasteiger charge is -2.32. The van der Waals surface area contributed by atoms with E-state index in [0.29, 0.717) is 12.2 Å². The number of carbonyl (C=O) groups excluding carboxylic acids is 1. The molecule has 6 nitrogen and oxygen atoms in total. The predicted octanol–water partition coefficient (Wildman–Crippen LogP) is 4.11. The molecule has 31 heavy (non-hydrogen) atoms. The van der Waals surface area contributed by atoms with Crippen molar-refractivity contribution in [3.8, 4) is 5.75 Å². The van der Waals surface area contributed by atoms with Crippen LogP contribution in [0.4, 0.5) is 0 Å². The van der Waals surface area contributed by atoms with Gasteiger partial charge in [-0.1, -0.05) is 12.1 Å². The normalized spacial score (nSPS) is 16.2. The Kier molecular flexibility index (Phi) is 6.26. The SMILES string of the molecule is COc1ccc(Cc2cc(C)nc([C@@H]3CCCN(C(=O)c4cnc(C)cn4)C3)c2)cc1. The molecule has 1 fully saturated rings. The highest BCUT2D eigenvalue weighted by Gasteiger charge is 2.27. The molecule has 2 aromatic heterocycles. The van der Waals surface area contributed by atoms with E-state index in [1.165, 1.54) is 11.1 Å². The highest BCUT2D eigenvalue weighted by Crippen LogP contribution is 2.28. The summed E-state index contributed by atoms with van der Waals surface area (Å²) in [6.45, 7) is 5.31. The van der Waals surface area contributed by atoms with Gasteiger partial charge in [-0.3, -0.25) is 14.8 Å². The lowest BCUT2D eigenvalue weighted by atomic mass is 9.92. The minimum absolute atomic E-state index is 0.0525. The maximum atomic E-state index is 12.9. The molecule has 1 aliphatic heterocycles. The van der Waals surface area contributed by atoms with Crippen molar-refractivity contribution < 1.29 is 9.53 Å². The number of amides is 1. The van der Waals surface area contributed by atoms with Gasteiger partial charge in [0.05, 0.1) is 19.0 Å². The number of carbonyl (C=O) groups is 1. The first kappa shape index (κ1) is 21.0. The third-order valence-electron chi connectivity index (χ3n) is 5.73. The van der Waals surface area contributed by atoms with Gasteiger partial charge >= 0.3 is 0 Å². The highest BCUT2D eigenvalue weighted by molar-refractivity contribution is 5.92. The van der Waals surface area contributed by atoms with Crippen LogP contribution in [0, 0.1) is 13.8 Å². The van der Waals surface area contributed by atoms with Gasteiger partial charge in [-0.05, 0) is 68.5 Å². The fraction of sp³-hybridized carbons (Fsp3) is 0.360. The van der Waals surface area contributed by atoms with Gasteiger partial charge in [0.1, 0.15) is 11.4 Å². The zero-order chi connectivity index (χ0) is 21.8. The van der Waals surface area contributed by atoms with Crippen LogP contribution in [-0.4, -0.2) is 46.0 Å². The van der Waals surface area contributed by atoms with Gasteiger partial charge in [-0.15, -0.1) is 0 Å². The van der Waals surface area contributed by atoms with Gasteiger partial charge in [0.15, 0.2) is 0 Å². The maximum absolute atomic E-state index is 12.9. The molecule has 3 heterocycles. The van der Waals surface area contributed by atoms with Crippen molar-refractivity contribution in [3.05, 3.63) is 82.7 Å². The Bertz CT molecular complexity index is 1050. The molecule has 1 amide bonds. The first-order valence-corrected chi connectivity index (χ1v) is 10.7. The number of hydrogen-bond acceptors (Lipinski definition) is 5. The van der Waals surface area contributed by atoms with Crippen LogP contribution in [-0.2, 0) is 6.42 Å². The molecule has 4 rings (SSSR count). The lowest BCUT2D eigenvalue weighted by Crippen LogP contribution is -2.39. The molecule has 0 aliphatic carbocycles. The molecule has 0 radical (unpaired) electrons. The Morgan fingerprint density at radius 1 is 1.06 bits per heavy atom. The maximum Gasteiger partial charge on any atom is 0.274 e. The molecule has 3 aromatic rings.